The highest BCUT2D eigenvalue weighted by Crippen LogP contribution is 2.36. The van der Waals surface area contributed by atoms with Crippen LogP contribution >= 0.6 is 27.3 Å². The Morgan fingerprint density at radius 2 is 2.05 bits per heavy atom. The third-order valence-corrected chi connectivity index (χ3v) is 4.92. The predicted molar refractivity (Wildman–Crippen MR) is 73.8 cm³/mol. The molecule has 20 heavy (non-hydrogen) atoms. The van der Waals surface area contributed by atoms with Crippen molar-refractivity contribution in [3.05, 3.63) is 38.8 Å². The Bertz CT molecular complexity index is 641. The molecule has 106 valence electrons. The van der Waals surface area contributed by atoms with Crippen LogP contribution in [-0.2, 0) is 19.1 Å². The lowest BCUT2D eigenvalue weighted by molar-refractivity contribution is -0.138. The molecule has 0 bridgehead atoms. The Labute approximate surface area is 125 Å². The molecular formula is C12H9BrF3N3S. The van der Waals surface area contributed by atoms with E-state index < -0.39 is 11.2 Å². The highest BCUT2D eigenvalue weighted by Gasteiger charge is 2.36. The van der Waals surface area contributed by atoms with Gasteiger partial charge in [-0.1, -0.05) is 39.4 Å². The fraction of sp³-hybridized carbons (Fsp3) is 0.333. The van der Waals surface area contributed by atoms with Crippen LogP contribution in [0.15, 0.2) is 22.7 Å². The number of fused-ring (bicyclic) bond motifs is 1. The first-order chi connectivity index (χ1) is 9.45. The van der Waals surface area contributed by atoms with E-state index in [1.54, 1.807) is 0 Å². The van der Waals surface area contributed by atoms with Crippen molar-refractivity contribution < 1.29 is 13.2 Å². The van der Waals surface area contributed by atoms with Crippen LogP contribution in [-0.4, -0.2) is 16.7 Å². The molecule has 1 aliphatic rings. The normalized spacial score (nSPS) is 15.3. The van der Waals surface area contributed by atoms with Gasteiger partial charge < -0.3 is 4.90 Å². The summed E-state index contributed by atoms with van der Waals surface area (Å²) in [6, 6.07) is 5.94. The van der Waals surface area contributed by atoms with Gasteiger partial charge in [0.05, 0.1) is 0 Å². The molecule has 0 atom stereocenters. The lowest BCUT2D eigenvalue weighted by Crippen LogP contribution is -2.30. The average Bonchev–Trinajstić information content (AvgIpc) is 2.88. The second-order valence-corrected chi connectivity index (χ2v) is 6.25. The molecule has 0 saturated heterocycles. The van der Waals surface area contributed by atoms with Crippen LogP contribution in [0.5, 0.6) is 0 Å². The zero-order chi connectivity index (χ0) is 14.3. The standard InChI is InChI=1S/C12H9BrF3N3S/c13-9-3-1-2-7-4-5-19(6-8(7)9)11-18-17-10(20-11)12(14,15)16/h1-3H,4-6H2. The van der Waals surface area contributed by atoms with Crippen molar-refractivity contribution in [3.8, 4) is 0 Å². The zero-order valence-corrected chi connectivity index (χ0v) is 12.5. The number of halogens is 4. The van der Waals surface area contributed by atoms with E-state index >= 15 is 0 Å². The minimum absolute atomic E-state index is 0.318. The van der Waals surface area contributed by atoms with E-state index in [4.69, 9.17) is 0 Å². The van der Waals surface area contributed by atoms with Crippen LogP contribution in [0.4, 0.5) is 18.3 Å². The van der Waals surface area contributed by atoms with Crippen LogP contribution in [0.1, 0.15) is 16.1 Å². The van der Waals surface area contributed by atoms with Gasteiger partial charge in [0.25, 0.3) is 0 Å². The molecule has 8 heteroatoms. The minimum Gasteiger partial charge on any atom is -0.342 e. The molecule has 0 saturated carbocycles. The first-order valence-corrected chi connectivity index (χ1v) is 7.48. The summed E-state index contributed by atoms with van der Waals surface area (Å²) in [5, 5.41) is 6.32. The lowest BCUT2D eigenvalue weighted by atomic mass is 10.0. The van der Waals surface area contributed by atoms with Crippen molar-refractivity contribution >= 4 is 32.4 Å². The van der Waals surface area contributed by atoms with Gasteiger partial charge in [-0.25, -0.2) is 0 Å². The molecule has 0 unspecified atom stereocenters. The molecule has 3 rings (SSSR count). The Morgan fingerprint density at radius 1 is 1.25 bits per heavy atom. The van der Waals surface area contributed by atoms with Crippen molar-refractivity contribution in [1.29, 1.82) is 0 Å². The second kappa shape index (κ2) is 5.00. The highest BCUT2D eigenvalue weighted by atomic mass is 79.9. The minimum atomic E-state index is -4.43. The summed E-state index contributed by atoms with van der Waals surface area (Å²) in [7, 11) is 0. The Morgan fingerprint density at radius 3 is 2.75 bits per heavy atom. The maximum absolute atomic E-state index is 12.6. The molecule has 0 aliphatic carbocycles. The van der Waals surface area contributed by atoms with E-state index in [1.165, 1.54) is 5.56 Å². The van der Waals surface area contributed by atoms with Gasteiger partial charge in [-0.2, -0.15) is 13.2 Å². The maximum Gasteiger partial charge on any atom is 0.445 e. The largest absolute Gasteiger partial charge is 0.445 e. The molecule has 0 amide bonds. The number of hydrogen-bond donors (Lipinski definition) is 0. The third-order valence-electron chi connectivity index (χ3n) is 3.14. The molecule has 2 aromatic rings. The summed E-state index contributed by atoms with van der Waals surface area (Å²) < 4.78 is 38.6. The van der Waals surface area contributed by atoms with E-state index in [1.807, 2.05) is 23.1 Å². The Balaban J connectivity index is 1.87. The van der Waals surface area contributed by atoms with Crippen LogP contribution in [0, 0.1) is 0 Å². The first-order valence-electron chi connectivity index (χ1n) is 5.87. The smallest absolute Gasteiger partial charge is 0.342 e. The zero-order valence-electron chi connectivity index (χ0n) is 10.1. The topological polar surface area (TPSA) is 29.0 Å². The summed E-state index contributed by atoms with van der Waals surface area (Å²) in [5.41, 5.74) is 2.32. The number of rotatable bonds is 1. The van der Waals surface area contributed by atoms with Gasteiger partial charge in [-0.15, -0.1) is 10.2 Å². The molecule has 0 N–H and O–H groups in total. The van der Waals surface area contributed by atoms with Crippen LogP contribution in [0.25, 0.3) is 0 Å². The molecule has 0 fully saturated rings. The van der Waals surface area contributed by atoms with Crippen LogP contribution in [0.2, 0.25) is 0 Å². The molecule has 1 aromatic heterocycles. The fourth-order valence-electron chi connectivity index (χ4n) is 2.16. The van der Waals surface area contributed by atoms with Gasteiger partial charge in [0.2, 0.25) is 10.1 Å². The molecular weight excluding hydrogens is 355 g/mol. The first kappa shape index (κ1) is 13.8. The van der Waals surface area contributed by atoms with Crippen molar-refractivity contribution in [2.24, 2.45) is 0 Å². The third kappa shape index (κ3) is 2.54. The SMILES string of the molecule is FC(F)(F)c1nnc(N2CCc3cccc(Br)c3C2)s1. The molecule has 0 radical (unpaired) electrons. The van der Waals surface area contributed by atoms with Crippen molar-refractivity contribution in [3.63, 3.8) is 0 Å². The Kier molecular flexibility index (Phi) is 3.45. The van der Waals surface area contributed by atoms with Crippen LogP contribution in [0.3, 0.4) is 0 Å². The Hall–Kier alpha value is -1.15. The monoisotopic (exact) mass is 363 g/mol. The van der Waals surface area contributed by atoms with E-state index in [0.29, 0.717) is 29.6 Å². The quantitative estimate of drug-likeness (QED) is 0.769. The number of alkyl halides is 3. The van der Waals surface area contributed by atoms with Gasteiger partial charge in [-0.05, 0) is 23.6 Å². The van der Waals surface area contributed by atoms with Gasteiger partial charge in [0.1, 0.15) is 0 Å². The molecule has 3 nitrogen and oxygen atoms in total. The van der Waals surface area contributed by atoms with E-state index in [-0.39, 0.29) is 0 Å². The number of nitrogens with zero attached hydrogens (tertiary/aromatic N) is 3. The van der Waals surface area contributed by atoms with E-state index in [2.05, 4.69) is 26.1 Å². The molecule has 1 aliphatic heterocycles. The maximum atomic E-state index is 12.6. The number of anilines is 1. The average molecular weight is 364 g/mol. The summed E-state index contributed by atoms with van der Waals surface area (Å²) >= 11 is 4.07. The summed E-state index contributed by atoms with van der Waals surface area (Å²) in [6.07, 6.45) is -3.64. The van der Waals surface area contributed by atoms with Gasteiger partial charge in [0, 0.05) is 17.6 Å². The van der Waals surface area contributed by atoms with Gasteiger partial charge in [-0.3, -0.25) is 0 Å². The summed E-state index contributed by atoms with van der Waals surface area (Å²) in [4.78, 5) is 1.83. The van der Waals surface area contributed by atoms with Crippen molar-refractivity contribution in [1.82, 2.24) is 10.2 Å². The molecule has 1 aromatic carbocycles. The lowest BCUT2D eigenvalue weighted by Gasteiger charge is -2.28. The van der Waals surface area contributed by atoms with E-state index in [9.17, 15) is 13.2 Å². The van der Waals surface area contributed by atoms with E-state index in [0.717, 1.165) is 16.5 Å². The number of hydrogen-bond acceptors (Lipinski definition) is 4. The highest BCUT2D eigenvalue weighted by molar-refractivity contribution is 9.10. The second-order valence-electron chi connectivity index (χ2n) is 4.44. The van der Waals surface area contributed by atoms with Gasteiger partial charge >= 0.3 is 6.18 Å². The summed E-state index contributed by atoms with van der Waals surface area (Å²) in [6.45, 7) is 1.19. The molecule has 0 spiro atoms. The van der Waals surface area contributed by atoms with Crippen molar-refractivity contribution in [2.75, 3.05) is 11.4 Å². The number of aromatic nitrogens is 2. The number of benzene rings is 1. The fourth-order valence-corrected chi connectivity index (χ4v) is 3.43. The van der Waals surface area contributed by atoms with Crippen LogP contribution < -0.4 is 4.90 Å². The van der Waals surface area contributed by atoms with Gasteiger partial charge in [0.15, 0.2) is 0 Å². The predicted octanol–water partition coefficient (Wildman–Crippen LogP) is 3.88. The summed E-state index contributed by atoms with van der Waals surface area (Å²) in [5.74, 6) is 0. The molecule has 2 heterocycles. The van der Waals surface area contributed by atoms with Crippen molar-refractivity contribution in [2.45, 2.75) is 19.1 Å².